The molecule has 3 aliphatic rings. The molecule has 102 valence electrons. The van der Waals surface area contributed by atoms with E-state index in [9.17, 15) is 0 Å². The Morgan fingerprint density at radius 1 is 1.11 bits per heavy atom. The van der Waals surface area contributed by atoms with Crippen molar-refractivity contribution in [2.24, 2.45) is 22.7 Å². The fourth-order valence-electron chi connectivity index (χ4n) is 6.72. The molecule has 0 spiro atoms. The van der Waals surface area contributed by atoms with Crippen LogP contribution in [0.2, 0.25) is 0 Å². The third kappa shape index (κ3) is 0.961. The van der Waals surface area contributed by atoms with Gasteiger partial charge in [0.25, 0.3) is 0 Å². The summed E-state index contributed by atoms with van der Waals surface area (Å²) in [7, 11) is 1.88. The van der Waals surface area contributed by atoms with Gasteiger partial charge >= 0.3 is 0 Å². The maximum Gasteiger partial charge on any atom is 0.0535 e. The largest absolute Gasteiger partial charge is 0.384 e. The molecular weight excluding hydrogens is 232 g/mol. The predicted octanol–water partition coefficient (Wildman–Crippen LogP) is 4.03. The zero-order valence-electron chi connectivity index (χ0n) is 12.3. The standard InChI is InChI=1S/C18H24O/c1-16(2)17(12-19-3)14-10-7-11-15(14)18(16,17)13-8-5-4-6-9-13/h4-6,8-9,14-15H,7,10-12H2,1-3H3/t14-,15+,17-,18+/m1/s1. The average molecular weight is 256 g/mol. The Balaban J connectivity index is 1.86. The van der Waals surface area contributed by atoms with Crippen LogP contribution in [0.4, 0.5) is 0 Å². The second kappa shape index (κ2) is 3.44. The summed E-state index contributed by atoms with van der Waals surface area (Å²) in [5.41, 5.74) is 2.78. The summed E-state index contributed by atoms with van der Waals surface area (Å²) in [6, 6.07) is 11.3. The molecule has 1 nitrogen and oxygen atoms in total. The number of methoxy groups -OCH3 is 1. The molecule has 0 saturated heterocycles. The van der Waals surface area contributed by atoms with Crippen molar-refractivity contribution in [3.05, 3.63) is 35.9 Å². The zero-order valence-corrected chi connectivity index (χ0v) is 12.3. The van der Waals surface area contributed by atoms with Crippen molar-refractivity contribution in [2.45, 2.75) is 38.5 Å². The smallest absolute Gasteiger partial charge is 0.0535 e. The van der Waals surface area contributed by atoms with E-state index >= 15 is 0 Å². The third-order valence-corrected chi connectivity index (χ3v) is 7.05. The number of rotatable bonds is 3. The maximum absolute atomic E-state index is 5.68. The molecule has 3 fully saturated rings. The molecule has 0 heterocycles. The van der Waals surface area contributed by atoms with Gasteiger partial charge in [-0.25, -0.2) is 0 Å². The van der Waals surface area contributed by atoms with Crippen LogP contribution in [0.15, 0.2) is 30.3 Å². The van der Waals surface area contributed by atoms with Gasteiger partial charge in [-0.15, -0.1) is 0 Å². The van der Waals surface area contributed by atoms with Gasteiger partial charge in [0.2, 0.25) is 0 Å². The second-order valence-corrected chi connectivity index (χ2v) is 7.35. The number of hydrogen-bond donors (Lipinski definition) is 0. The van der Waals surface area contributed by atoms with Gasteiger partial charge in [0, 0.05) is 17.9 Å². The highest BCUT2D eigenvalue weighted by Gasteiger charge is 2.94. The average Bonchev–Trinajstić information content (AvgIpc) is 2.71. The minimum absolute atomic E-state index is 0.396. The summed E-state index contributed by atoms with van der Waals surface area (Å²) in [5, 5.41) is 0. The first-order valence-electron chi connectivity index (χ1n) is 7.69. The van der Waals surface area contributed by atoms with Crippen LogP contribution in [0, 0.1) is 22.7 Å². The Morgan fingerprint density at radius 3 is 2.47 bits per heavy atom. The van der Waals surface area contributed by atoms with E-state index in [2.05, 4.69) is 44.2 Å². The first-order valence-corrected chi connectivity index (χ1v) is 7.69. The Kier molecular flexibility index (Phi) is 2.16. The number of hydrogen-bond acceptors (Lipinski definition) is 1. The van der Waals surface area contributed by atoms with E-state index in [0.717, 1.165) is 18.4 Å². The van der Waals surface area contributed by atoms with Gasteiger partial charge < -0.3 is 4.74 Å². The molecule has 4 atom stereocenters. The van der Waals surface area contributed by atoms with E-state index in [1.165, 1.54) is 19.3 Å². The molecule has 0 unspecified atom stereocenters. The molecule has 0 N–H and O–H groups in total. The van der Waals surface area contributed by atoms with Crippen LogP contribution in [0.25, 0.3) is 0 Å². The maximum atomic E-state index is 5.68. The highest BCUT2D eigenvalue weighted by Crippen LogP contribution is 2.95. The number of fused-ring (bicyclic) bond motifs is 4. The van der Waals surface area contributed by atoms with Crippen LogP contribution in [-0.4, -0.2) is 13.7 Å². The van der Waals surface area contributed by atoms with Gasteiger partial charge in [0.05, 0.1) is 6.61 Å². The van der Waals surface area contributed by atoms with Crippen LogP contribution >= 0.6 is 0 Å². The second-order valence-electron chi connectivity index (χ2n) is 7.35. The van der Waals surface area contributed by atoms with Crippen molar-refractivity contribution < 1.29 is 4.74 Å². The molecule has 3 saturated carbocycles. The van der Waals surface area contributed by atoms with Gasteiger partial charge in [0.15, 0.2) is 0 Å². The van der Waals surface area contributed by atoms with Crippen LogP contribution in [0.1, 0.15) is 38.7 Å². The highest BCUT2D eigenvalue weighted by molar-refractivity contribution is 5.54. The minimum Gasteiger partial charge on any atom is -0.384 e. The van der Waals surface area contributed by atoms with Gasteiger partial charge in [-0.2, -0.15) is 0 Å². The summed E-state index contributed by atoms with van der Waals surface area (Å²) in [4.78, 5) is 0. The molecule has 19 heavy (non-hydrogen) atoms. The van der Waals surface area contributed by atoms with Crippen LogP contribution in [-0.2, 0) is 10.2 Å². The summed E-state index contributed by atoms with van der Waals surface area (Å²) >= 11 is 0. The van der Waals surface area contributed by atoms with Crippen molar-refractivity contribution in [3.8, 4) is 0 Å². The number of ether oxygens (including phenoxy) is 1. The van der Waals surface area contributed by atoms with Gasteiger partial charge in [-0.1, -0.05) is 50.6 Å². The highest BCUT2D eigenvalue weighted by atomic mass is 16.5. The zero-order chi connectivity index (χ0) is 13.3. The quantitative estimate of drug-likeness (QED) is 0.793. The molecule has 1 aromatic carbocycles. The summed E-state index contributed by atoms with van der Waals surface area (Å²) in [5.74, 6) is 1.81. The minimum atomic E-state index is 0.396. The van der Waals surface area contributed by atoms with E-state index in [0.29, 0.717) is 16.2 Å². The van der Waals surface area contributed by atoms with E-state index in [-0.39, 0.29) is 0 Å². The third-order valence-electron chi connectivity index (χ3n) is 7.05. The van der Waals surface area contributed by atoms with E-state index < -0.39 is 0 Å². The SMILES string of the molecule is COC[C@]12[C@@H]3CCC[C@@H]3[C@@]1(c1ccccc1)C2(C)C. The van der Waals surface area contributed by atoms with Crippen LogP contribution in [0.5, 0.6) is 0 Å². The monoisotopic (exact) mass is 256 g/mol. The lowest BCUT2D eigenvalue weighted by Crippen LogP contribution is -2.48. The molecule has 0 amide bonds. The van der Waals surface area contributed by atoms with Crippen molar-refractivity contribution in [2.75, 3.05) is 13.7 Å². The summed E-state index contributed by atoms with van der Waals surface area (Å²) < 4.78 is 5.68. The summed E-state index contributed by atoms with van der Waals surface area (Å²) in [6.07, 6.45) is 4.27. The Hall–Kier alpha value is -0.820. The van der Waals surface area contributed by atoms with E-state index in [4.69, 9.17) is 4.74 Å². The molecule has 1 heteroatoms. The topological polar surface area (TPSA) is 9.23 Å². The van der Waals surface area contributed by atoms with Crippen molar-refractivity contribution >= 4 is 0 Å². The lowest BCUT2D eigenvalue weighted by Gasteiger charge is -2.48. The van der Waals surface area contributed by atoms with Gasteiger partial charge in [-0.3, -0.25) is 0 Å². The first kappa shape index (κ1) is 12.0. The molecule has 1 aromatic rings. The Labute approximate surface area is 116 Å². The molecule has 4 rings (SSSR count). The van der Waals surface area contributed by atoms with Crippen molar-refractivity contribution in [1.82, 2.24) is 0 Å². The predicted molar refractivity (Wildman–Crippen MR) is 77.0 cm³/mol. The molecular formula is C18H24O. The molecule has 0 bridgehead atoms. The first-order chi connectivity index (χ1) is 9.14. The van der Waals surface area contributed by atoms with Gasteiger partial charge in [-0.05, 0) is 35.7 Å². The lowest BCUT2D eigenvalue weighted by atomic mass is 9.56. The normalized spacial score (nSPS) is 45.2. The lowest BCUT2D eigenvalue weighted by molar-refractivity contribution is -0.0122. The molecule has 0 aliphatic heterocycles. The Bertz CT molecular complexity index is 506. The van der Waals surface area contributed by atoms with Gasteiger partial charge in [0.1, 0.15) is 0 Å². The molecule has 0 radical (unpaired) electrons. The number of benzene rings is 1. The fourth-order valence-corrected chi connectivity index (χ4v) is 6.72. The van der Waals surface area contributed by atoms with E-state index in [1.54, 1.807) is 5.56 Å². The van der Waals surface area contributed by atoms with Crippen LogP contribution < -0.4 is 0 Å². The summed E-state index contributed by atoms with van der Waals surface area (Å²) in [6.45, 7) is 5.91. The molecule has 0 aromatic heterocycles. The van der Waals surface area contributed by atoms with Crippen LogP contribution in [0.3, 0.4) is 0 Å². The fraction of sp³-hybridized carbons (Fsp3) is 0.667. The molecule has 3 aliphatic carbocycles. The van der Waals surface area contributed by atoms with Crippen molar-refractivity contribution in [1.29, 1.82) is 0 Å². The van der Waals surface area contributed by atoms with Crippen molar-refractivity contribution in [3.63, 3.8) is 0 Å². The Morgan fingerprint density at radius 2 is 1.79 bits per heavy atom. The van der Waals surface area contributed by atoms with E-state index in [1.807, 2.05) is 7.11 Å².